The summed E-state index contributed by atoms with van der Waals surface area (Å²) in [4.78, 5) is 23.8. The zero-order chi connectivity index (χ0) is 13.9. The molecule has 0 fully saturated rings. The molecule has 4 rings (SSSR count). The summed E-state index contributed by atoms with van der Waals surface area (Å²) in [5.41, 5.74) is 0.0926. The quantitative estimate of drug-likeness (QED) is 0.355. The molecule has 0 atom stereocenters. The van der Waals surface area contributed by atoms with E-state index in [1.807, 2.05) is 18.2 Å². The molecule has 96 valence electrons. The van der Waals surface area contributed by atoms with E-state index >= 15 is 0 Å². The number of benzene rings is 3. The van der Waals surface area contributed by atoms with E-state index in [4.69, 9.17) is 0 Å². The smallest absolute Gasteiger partial charge is 0.349 e. The standard InChI is InChI=1S/C16H7FO3/c17-11-6-5-9-7-8-3-1-2-4-10(8)13-12(9)14(11)16(19)20-15(13)18/h1-7H. The third kappa shape index (κ3) is 1.28. The number of carbonyl (C=O) groups excluding carboxylic acids is 2. The molecule has 0 aliphatic carbocycles. The van der Waals surface area contributed by atoms with Crippen LogP contribution in [-0.2, 0) is 4.74 Å². The SMILES string of the molecule is O=C1OC(=O)c2c3ccccc3cc3ccc(F)c1c23. The molecular weight excluding hydrogens is 259 g/mol. The second-order valence-electron chi connectivity index (χ2n) is 4.67. The normalized spacial score (nSPS) is 13.8. The second kappa shape index (κ2) is 3.63. The predicted molar refractivity (Wildman–Crippen MR) is 71.2 cm³/mol. The highest BCUT2D eigenvalue weighted by molar-refractivity contribution is 6.26. The minimum absolute atomic E-state index is 0.164. The van der Waals surface area contributed by atoms with Crippen molar-refractivity contribution in [3.05, 3.63) is 59.4 Å². The van der Waals surface area contributed by atoms with Crippen molar-refractivity contribution in [3.63, 3.8) is 0 Å². The van der Waals surface area contributed by atoms with Gasteiger partial charge in [0.2, 0.25) is 0 Å². The molecule has 0 N–H and O–H groups in total. The van der Waals surface area contributed by atoms with E-state index in [1.165, 1.54) is 6.07 Å². The number of ether oxygens (including phenoxy) is 1. The van der Waals surface area contributed by atoms with Crippen molar-refractivity contribution in [1.29, 1.82) is 0 Å². The summed E-state index contributed by atoms with van der Waals surface area (Å²) in [6.07, 6.45) is 0. The Morgan fingerprint density at radius 1 is 0.850 bits per heavy atom. The largest absolute Gasteiger partial charge is 0.386 e. The fraction of sp³-hybridized carbons (Fsp3) is 0. The van der Waals surface area contributed by atoms with Gasteiger partial charge in [-0.15, -0.1) is 0 Å². The Morgan fingerprint density at radius 2 is 1.60 bits per heavy atom. The summed E-state index contributed by atoms with van der Waals surface area (Å²) < 4.78 is 18.6. The van der Waals surface area contributed by atoms with Crippen LogP contribution in [0.3, 0.4) is 0 Å². The van der Waals surface area contributed by atoms with Gasteiger partial charge in [-0.1, -0.05) is 30.3 Å². The van der Waals surface area contributed by atoms with Crippen LogP contribution in [0.5, 0.6) is 0 Å². The summed E-state index contributed by atoms with van der Waals surface area (Å²) in [6.45, 7) is 0. The first-order valence-electron chi connectivity index (χ1n) is 6.07. The molecule has 3 nitrogen and oxygen atoms in total. The number of fused-ring (bicyclic) bond motifs is 2. The van der Waals surface area contributed by atoms with Gasteiger partial charge < -0.3 is 4.74 Å². The van der Waals surface area contributed by atoms with Crippen molar-refractivity contribution >= 4 is 33.5 Å². The maximum atomic E-state index is 13.9. The monoisotopic (exact) mass is 266 g/mol. The fourth-order valence-corrected chi connectivity index (χ4v) is 2.73. The zero-order valence-electron chi connectivity index (χ0n) is 10.1. The van der Waals surface area contributed by atoms with Crippen LogP contribution < -0.4 is 0 Å². The molecule has 0 saturated carbocycles. The second-order valence-corrected chi connectivity index (χ2v) is 4.67. The Balaban J connectivity index is 2.36. The average Bonchev–Trinajstić information content (AvgIpc) is 2.44. The lowest BCUT2D eigenvalue weighted by atomic mass is 9.92. The number of hydrogen-bond acceptors (Lipinski definition) is 3. The maximum absolute atomic E-state index is 13.9. The van der Waals surface area contributed by atoms with Gasteiger partial charge in [0.1, 0.15) is 11.4 Å². The van der Waals surface area contributed by atoms with Gasteiger partial charge in [0.05, 0.1) is 5.56 Å². The number of halogens is 1. The molecule has 1 heterocycles. The van der Waals surface area contributed by atoms with Gasteiger partial charge in [0.25, 0.3) is 0 Å². The molecule has 3 aromatic rings. The minimum atomic E-state index is -0.930. The summed E-state index contributed by atoms with van der Waals surface area (Å²) in [6, 6.07) is 11.9. The summed E-state index contributed by atoms with van der Waals surface area (Å²) in [5, 5.41) is 2.49. The van der Waals surface area contributed by atoms with Gasteiger partial charge in [-0.25, -0.2) is 14.0 Å². The summed E-state index contributed by atoms with van der Waals surface area (Å²) >= 11 is 0. The molecule has 1 aliphatic heterocycles. The Morgan fingerprint density at radius 3 is 2.45 bits per heavy atom. The van der Waals surface area contributed by atoms with Crippen LogP contribution >= 0.6 is 0 Å². The van der Waals surface area contributed by atoms with Crippen LogP contribution in [0, 0.1) is 5.82 Å². The van der Waals surface area contributed by atoms with Crippen molar-refractivity contribution < 1.29 is 18.7 Å². The lowest BCUT2D eigenvalue weighted by Crippen LogP contribution is -2.21. The summed E-state index contributed by atoms with van der Waals surface area (Å²) in [5.74, 6) is -2.33. The Labute approximate surface area is 112 Å². The van der Waals surface area contributed by atoms with Crippen molar-refractivity contribution in [2.24, 2.45) is 0 Å². The zero-order valence-corrected chi connectivity index (χ0v) is 10.1. The van der Waals surface area contributed by atoms with E-state index in [2.05, 4.69) is 4.74 Å². The lowest BCUT2D eigenvalue weighted by molar-refractivity contribution is 0.0389. The lowest BCUT2D eigenvalue weighted by Gasteiger charge is -2.18. The molecule has 0 saturated heterocycles. The molecule has 1 aliphatic rings. The molecule has 20 heavy (non-hydrogen) atoms. The third-order valence-electron chi connectivity index (χ3n) is 3.57. The molecule has 3 aromatic carbocycles. The molecule has 0 radical (unpaired) electrons. The molecule has 0 amide bonds. The fourth-order valence-electron chi connectivity index (χ4n) is 2.73. The average molecular weight is 266 g/mol. The van der Waals surface area contributed by atoms with Gasteiger partial charge in [-0.05, 0) is 28.3 Å². The predicted octanol–water partition coefficient (Wildman–Crippen LogP) is 3.44. The van der Waals surface area contributed by atoms with Crippen molar-refractivity contribution in [1.82, 2.24) is 0 Å². The van der Waals surface area contributed by atoms with Gasteiger partial charge in [-0.3, -0.25) is 0 Å². The van der Waals surface area contributed by atoms with Crippen LogP contribution in [0.4, 0.5) is 4.39 Å². The van der Waals surface area contributed by atoms with E-state index in [1.54, 1.807) is 18.2 Å². The highest BCUT2D eigenvalue weighted by atomic mass is 19.1. The van der Waals surface area contributed by atoms with E-state index in [-0.39, 0.29) is 11.1 Å². The van der Waals surface area contributed by atoms with Gasteiger partial charge in [0.15, 0.2) is 0 Å². The Hall–Kier alpha value is -2.75. The molecule has 0 unspecified atom stereocenters. The first kappa shape index (κ1) is 11.1. The first-order chi connectivity index (χ1) is 9.66. The van der Waals surface area contributed by atoms with Gasteiger partial charge in [-0.2, -0.15) is 0 Å². The first-order valence-corrected chi connectivity index (χ1v) is 6.07. The van der Waals surface area contributed by atoms with E-state index in [0.717, 1.165) is 5.39 Å². The van der Waals surface area contributed by atoms with E-state index in [0.29, 0.717) is 16.2 Å². The molecule has 0 aromatic heterocycles. The maximum Gasteiger partial charge on any atom is 0.349 e. The number of hydrogen-bond donors (Lipinski definition) is 0. The van der Waals surface area contributed by atoms with Gasteiger partial charge in [0, 0.05) is 5.39 Å². The third-order valence-corrected chi connectivity index (χ3v) is 3.57. The number of rotatable bonds is 0. The van der Waals surface area contributed by atoms with Gasteiger partial charge >= 0.3 is 11.9 Å². The van der Waals surface area contributed by atoms with Crippen LogP contribution in [0.25, 0.3) is 21.5 Å². The van der Waals surface area contributed by atoms with Crippen LogP contribution in [0.15, 0.2) is 42.5 Å². The molecule has 4 heteroatoms. The summed E-state index contributed by atoms with van der Waals surface area (Å²) in [7, 11) is 0. The van der Waals surface area contributed by atoms with Crippen LogP contribution in [0.2, 0.25) is 0 Å². The van der Waals surface area contributed by atoms with Crippen LogP contribution in [-0.4, -0.2) is 11.9 Å². The number of carbonyl (C=O) groups is 2. The van der Waals surface area contributed by atoms with Crippen molar-refractivity contribution in [2.45, 2.75) is 0 Å². The van der Waals surface area contributed by atoms with E-state index in [9.17, 15) is 14.0 Å². The molecular formula is C16H7FO3. The Bertz CT molecular complexity index is 928. The number of esters is 2. The highest BCUT2D eigenvalue weighted by Crippen LogP contribution is 2.35. The molecule has 0 bridgehead atoms. The minimum Gasteiger partial charge on any atom is -0.386 e. The van der Waals surface area contributed by atoms with Crippen molar-refractivity contribution in [2.75, 3.05) is 0 Å². The topological polar surface area (TPSA) is 43.4 Å². The molecule has 0 spiro atoms. The van der Waals surface area contributed by atoms with Crippen molar-refractivity contribution in [3.8, 4) is 0 Å². The van der Waals surface area contributed by atoms with E-state index < -0.39 is 17.8 Å². The Kier molecular flexibility index (Phi) is 2.02. The van der Waals surface area contributed by atoms with Crippen LogP contribution in [0.1, 0.15) is 20.7 Å². The highest BCUT2D eigenvalue weighted by Gasteiger charge is 2.31. The number of cyclic esters (lactones) is 2.